The van der Waals surface area contributed by atoms with E-state index in [4.69, 9.17) is 10.00 Å². The molecule has 0 saturated heterocycles. The van der Waals surface area contributed by atoms with E-state index in [9.17, 15) is 10.1 Å². The predicted octanol–water partition coefficient (Wildman–Crippen LogP) is 3.98. The third-order valence-corrected chi connectivity index (χ3v) is 3.15. The molecule has 0 N–H and O–H groups in total. The number of ether oxygens (including phenoxy) is 1. The molecule has 0 aromatic heterocycles. The monoisotopic (exact) mass is 326 g/mol. The molecule has 0 saturated carbocycles. The summed E-state index contributed by atoms with van der Waals surface area (Å²) in [5.74, 6) is 0.266. The summed E-state index contributed by atoms with van der Waals surface area (Å²) in [6, 6.07) is 5.34. The zero-order chi connectivity index (χ0) is 14.6. The lowest BCUT2D eigenvalue weighted by Gasteiger charge is -2.16. The molecule has 1 aromatic carbocycles. The Bertz CT molecular complexity index is 535. The van der Waals surface area contributed by atoms with Gasteiger partial charge in [-0.1, -0.05) is 15.9 Å². The van der Waals surface area contributed by atoms with Gasteiger partial charge in [-0.2, -0.15) is 5.26 Å². The normalized spacial score (nSPS) is 10.9. The van der Waals surface area contributed by atoms with Gasteiger partial charge < -0.3 is 4.74 Å². The third-order valence-electron chi connectivity index (χ3n) is 2.69. The molecular formula is C13H15BrN2O3. The first-order valence-electron chi connectivity index (χ1n) is 5.75. The summed E-state index contributed by atoms with van der Waals surface area (Å²) in [5, 5.41) is 19.9. The van der Waals surface area contributed by atoms with E-state index in [2.05, 4.69) is 22.0 Å². The highest BCUT2D eigenvalue weighted by Gasteiger charge is 2.21. The van der Waals surface area contributed by atoms with Crippen LogP contribution in [0.4, 0.5) is 5.69 Å². The largest absolute Gasteiger partial charge is 0.487 e. The SMILES string of the molecule is Cc1cc(Br)cc([N+](=O)[O-])c1OCCC(C)(C)C#N. The maximum absolute atomic E-state index is 11.0. The van der Waals surface area contributed by atoms with Gasteiger partial charge >= 0.3 is 5.69 Å². The van der Waals surface area contributed by atoms with E-state index >= 15 is 0 Å². The molecule has 1 aromatic rings. The Morgan fingerprint density at radius 1 is 1.53 bits per heavy atom. The Balaban J connectivity index is 2.90. The van der Waals surface area contributed by atoms with E-state index in [1.54, 1.807) is 26.8 Å². The molecule has 102 valence electrons. The van der Waals surface area contributed by atoms with Gasteiger partial charge in [0.1, 0.15) is 0 Å². The minimum atomic E-state index is -0.502. The van der Waals surface area contributed by atoms with Gasteiger partial charge in [0.15, 0.2) is 5.75 Å². The molecule has 19 heavy (non-hydrogen) atoms. The van der Waals surface area contributed by atoms with Gasteiger partial charge in [0.25, 0.3) is 0 Å². The van der Waals surface area contributed by atoms with Crippen molar-refractivity contribution in [3.05, 3.63) is 32.3 Å². The lowest BCUT2D eigenvalue weighted by Crippen LogP contribution is -2.14. The number of nitro groups is 1. The standard InChI is InChI=1S/C13H15BrN2O3/c1-9-6-10(14)7-11(16(17)18)12(9)19-5-4-13(2,3)8-15/h6-7H,4-5H2,1-3H3. The number of aryl methyl sites for hydroxylation is 1. The first-order chi connectivity index (χ1) is 8.76. The summed E-state index contributed by atoms with van der Waals surface area (Å²) >= 11 is 3.22. The van der Waals surface area contributed by atoms with Crippen molar-refractivity contribution in [3.8, 4) is 11.8 Å². The van der Waals surface area contributed by atoms with Crippen molar-refractivity contribution in [2.75, 3.05) is 6.61 Å². The molecule has 6 heteroatoms. The number of rotatable bonds is 5. The van der Waals surface area contributed by atoms with Crippen LogP contribution in [0.15, 0.2) is 16.6 Å². The fourth-order valence-electron chi connectivity index (χ4n) is 1.50. The van der Waals surface area contributed by atoms with Crippen LogP contribution in [-0.4, -0.2) is 11.5 Å². The molecule has 0 bridgehead atoms. The lowest BCUT2D eigenvalue weighted by molar-refractivity contribution is -0.386. The molecule has 1 rings (SSSR count). The van der Waals surface area contributed by atoms with Crippen molar-refractivity contribution >= 4 is 21.6 Å². The summed E-state index contributed by atoms with van der Waals surface area (Å²) in [5.41, 5.74) is 0.121. The van der Waals surface area contributed by atoms with Gasteiger partial charge in [0.2, 0.25) is 0 Å². The van der Waals surface area contributed by atoms with Crippen LogP contribution in [0.25, 0.3) is 0 Å². The molecule has 0 aliphatic carbocycles. The van der Waals surface area contributed by atoms with Gasteiger partial charge in [0, 0.05) is 10.5 Å². The van der Waals surface area contributed by atoms with Crippen molar-refractivity contribution in [1.29, 1.82) is 5.26 Å². The van der Waals surface area contributed by atoms with Crippen molar-refractivity contribution in [1.82, 2.24) is 0 Å². The molecular weight excluding hydrogens is 312 g/mol. The fraction of sp³-hybridized carbons (Fsp3) is 0.462. The van der Waals surface area contributed by atoms with Crippen molar-refractivity contribution in [2.24, 2.45) is 5.41 Å². The second-order valence-corrected chi connectivity index (χ2v) is 5.84. The van der Waals surface area contributed by atoms with E-state index in [0.29, 0.717) is 16.5 Å². The lowest BCUT2D eigenvalue weighted by atomic mass is 9.92. The van der Waals surface area contributed by atoms with Gasteiger partial charge in [-0.3, -0.25) is 10.1 Å². The van der Waals surface area contributed by atoms with Crippen LogP contribution in [0.1, 0.15) is 25.8 Å². The highest BCUT2D eigenvalue weighted by atomic mass is 79.9. The Morgan fingerprint density at radius 2 is 2.16 bits per heavy atom. The summed E-state index contributed by atoms with van der Waals surface area (Å²) < 4.78 is 6.15. The van der Waals surface area contributed by atoms with Crippen LogP contribution >= 0.6 is 15.9 Å². The molecule has 0 unspecified atom stereocenters. The molecule has 0 heterocycles. The summed E-state index contributed by atoms with van der Waals surface area (Å²) in [6.45, 7) is 5.63. The minimum absolute atomic E-state index is 0.0679. The smallest absolute Gasteiger partial charge is 0.312 e. The van der Waals surface area contributed by atoms with Gasteiger partial charge in [-0.15, -0.1) is 0 Å². The molecule has 0 atom stereocenters. The first-order valence-corrected chi connectivity index (χ1v) is 6.55. The minimum Gasteiger partial charge on any atom is -0.487 e. The third kappa shape index (κ3) is 4.21. The van der Waals surface area contributed by atoms with Crippen LogP contribution in [0.3, 0.4) is 0 Å². The predicted molar refractivity (Wildman–Crippen MR) is 75.0 cm³/mol. The maximum atomic E-state index is 11.0. The second kappa shape index (κ2) is 6.02. The summed E-state index contributed by atoms with van der Waals surface area (Å²) in [4.78, 5) is 10.5. The van der Waals surface area contributed by atoms with E-state index in [0.717, 1.165) is 0 Å². The molecule has 0 aliphatic rings. The van der Waals surface area contributed by atoms with Crippen molar-refractivity contribution in [3.63, 3.8) is 0 Å². The first kappa shape index (κ1) is 15.4. The van der Waals surface area contributed by atoms with Gasteiger partial charge in [-0.05, 0) is 38.8 Å². The Kier molecular flexibility index (Phi) is 4.90. The number of halogens is 1. The van der Waals surface area contributed by atoms with E-state index < -0.39 is 10.3 Å². The number of hydrogen-bond acceptors (Lipinski definition) is 4. The van der Waals surface area contributed by atoms with Crippen molar-refractivity contribution < 1.29 is 9.66 Å². The van der Waals surface area contributed by atoms with E-state index in [1.807, 2.05) is 0 Å². The average molecular weight is 327 g/mol. The Hall–Kier alpha value is -1.61. The molecule has 0 fully saturated rings. The Morgan fingerprint density at radius 3 is 2.68 bits per heavy atom. The second-order valence-electron chi connectivity index (χ2n) is 4.92. The highest BCUT2D eigenvalue weighted by Crippen LogP contribution is 2.34. The van der Waals surface area contributed by atoms with E-state index in [-0.39, 0.29) is 18.0 Å². The van der Waals surface area contributed by atoms with Crippen molar-refractivity contribution in [2.45, 2.75) is 27.2 Å². The summed E-state index contributed by atoms with van der Waals surface area (Å²) in [6.07, 6.45) is 0.510. The average Bonchev–Trinajstić information content (AvgIpc) is 2.31. The summed E-state index contributed by atoms with van der Waals surface area (Å²) in [7, 11) is 0. The zero-order valence-corrected chi connectivity index (χ0v) is 12.7. The van der Waals surface area contributed by atoms with Crippen LogP contribution in [0.2, 0.25) is 0 Å². The quantitative estimate of drug-likeness (QED) is 0.605. The van der Waals surface area contributed by atoms with Crippen LogP contribution in [0.5, 0.6) is 5.75 Å². The van der Waals surface area contributed by atoms with E-state index in [1.165, 1.54) is 6.07 Å². The number of nitro benzene ring substituents is 1. The topological polar surface area (TPSA) is 76.2 Å². The zero-order valence-electron chi connectivity index (χ0n) is 11.1. The maximum Gasteiger partial charge on any atom is 0.312 e. The molecule has 0 radical (unpaired) electrons. The Labute approximate surface area is 120 Å². The van der Waals surface area contributed by atoms with Gasteiger partial charge in [0.05, 0.1) is 23.0 Å². The molecule has 0 aliphatic heterocycles. The fourth-order valence-corrected chi connectivity index (χ4v) is 2.06. The number of benzene rings is 1. The van der Waals surface area contributed by atoms with Crippen LogP contribution < -0.4 is 4.74 Å². The number of nitriles is 1. The highest BCUT2D eigenvalue weighted by molar-refractivity contribution is 9.10. The number of nitrogens with zero attached hydrogens (tertiary/aromatic N) is 2. The molecule has 0 amide bonds. The van der Waals surface area contributed by atoms with Gasteiger partial charge in [-0.25, -0.2) is 0 Å². The number of hydrogen-bond donors (Lipinski definition) is 0. The van der Waals surface area contributed by atoms with Crippen LogP contribution in [-0.2, 0) is 0 Å². The molecule has 0 spiro atoms. The molecule has 5 nitrogen and oxygen atoms in total. The van der Waals surface area contributed by atoms with Crippen LogP contribution in [0, 0.1) is 33.8 Å².